The van der Waals surface area contributed by atoms with E-state index in [1.807, 2.05) is 56.3 Å². The Morgan fingerprint density at radius 2 is 1.62 bits per heavy atom. The molecule has 0 aliphatic rings. The number of nitrogens with one attached hydrogen (secondary N) is 3. The third kappa shape index (κ3) is 7.57. The number of halogens is 1. The SMILES string of the molecule is CC(C)Oc1ccc(Br)cc1C(=O)NC(=S)NNC(=O)COc1ccc(-c2ccccc2)cc1. The first-order valence-corrected chi connectivity index (χ1v) is 11.7. The molecule has 0 aromatic heterocycles. The number of rotatable bonds is 7. The molecule has 3 N–H and O–H groups in total. The monoisotopic (exact) mass is 541 g/mol. The largest absolute Gasteiger partial charge is 0.490 e. The molecule has 0 radical (unpaired) electrons. The van der Waals surface area contributed by atoms with Gasteiger partial charge in [-0.15, -0.1) is 0 Å². The standard InChI is InChI=1S/C25H24BrN3O4S/c1-16(2)33-22-13-10-19(26)14-21(22)24(31)27-25(34)29-28-23(30)15-32-20-11-8-18(9-12-20)17-6-4-3-5-7-17/h3-14,16H,15H2,1-2H3,(H,28,30)(H2,27,29,31,34). The summed E-state index contributed by atoms with van der Waals surface area (Å²) in [7, 11) is 0. The number of benzene rings is 3. The third-order valence-electron chi connectivity index (χ3n) is 4.42. The van der Waals surface area contributed by atoms with Gasteiger partial charge in [-0.05, 0) is 67.5 Å². The van der Waals surface area contributed by atoms with Crippen LogP contribution in [0, 0.1) is 0 Å². The van der Waals surface area contributed by atoms with Crippen molar-refractivity contribution in [2.75, 3.05) is 6.61 Å². The summed E-state index contributed by atoms with van der Waals surface area (Å²) >= 11 is 8.44. The molecule has 176 valence electrons. The Hall–Kier alpha value is -3.43. The molecule has 0 saturated carbocycles. The van der Waals surface area contributed by atoms with Gasteiger partial charge >= 0.3 is 0 Å². The van der Waals surface area contributed by atoms with Gasteiger partial charge in [0.1, 0.15) is 11.5 Å². The molecule has 0 heterocycles. The molecule has 0 aliphatic heterocycles. The van der Waals surface area contributed by atoms with Crippen molar-refractivity contribution in [2.24, 2.45) is 0 Å². The van der Waals surface area contributed by atoms with Crippen LogP contribution in [-0.2, 0) is 4.79 Å². The smallest absolute Gasteiger partial charge is 0.276 e. The lowest BCUT2D eigenvalue weighted by atomic mass is 10.1. The molecule has 0 aliphatic carbocycles. The Morgan fingerprint density at radius 1 is 0.941 bits per heavy atom. The van der Waals surface area contributed by atoms with Crippen molar-refractivity contribution in [1.82, 2.24) is 16.2 Å². The molecule has 3 aromatic rings. The number of thiocarbonyl (C=S) groups is 1. The van der Waals surface area contributed by atoms with E-state index in [-0.39, 0.29) is 17.8 Å². The lowest BCUT2D eigenvalue weighted by Crippen LogP contribution is -2.49. The topological polar surface area (TPSA) is 88.7 Å². The van der Waals surface area contributed by atoms with E-state index >= 15 is 0 Å². The van der Waals surface area contributed by atoms with Crippen LogP contribution in [0.2, 0.25) is 0 Å². The molecular formula is C25H24BrN3O4S. The summed E-state index contributed by atoms with van der Waals surface area (Å²) in [6.07, 6.45) is -0.105. The summed E-state index contributed by atoms with van der Waals surface area (Å²) in [5, 5.41) is 2.44. The van der Waals surface area contributed by atoms with E-state index in [2.05, 4.69) is 32.1 Å². The van der Waals surface area contributed by atoms with Crippen LogP contribution in [0.25, 0.3) is 11.1 Å². The van der Waals surface area contributed by atoms with Gasteiger partial charge in [0.25, 0.3) is 11.8 Å². The van der Waals surface area contributed by atoms with Crippen LogP contribution in [0.5, 0.6) is 11.5 Å². The molecule has 0 spiro atoms. The number of amides is 2. The second kappa shape index (κ2) is 12.2. The van der Waals surface area contributed by atoms with E-state index in [1.165, 1.54) is 0 Å². The van der Waals surface area contributed by atoms with Gasteiger partial charge in [0.05, 0.1) is 11.7 Å². The first kappa shape index (κ1) is 25.2. The summed E-state index contributed by atoms with van der Waals surface area (Å²) in [5.41, 5.74) is 7.34. The number of hydrogen-bond donors (Lipinski definition) is 3. The zero-order chi connectivity index (χ0) is 24.5. The van der Waals surface area contributed by atoms with Crippen molar-refractivity contribution in [3.8, 4) is 22.6 Å². The van der Waals surface area contributed by atoms with Crippen LogP contribution in [-0.4, -0.2) is 29.6 Å². The summed E-state index contributed by atoms with van der Waals surface area (Å²) < 4.78 is 11.9. The van der Waals surface area contributed by atoms with Crippen molar-refractivity contribution in [3.63, 3.8) is 0 Å². The van der Waals surface area contributed by atoms with E-state index in [0.29, 0.717) is 17.1 Å². The van der Waals surface area contributed by atoms with E-state index in [0.717, 1.165) is 15.6 Å². The Kier molecular flexibility index (Phi) is 9.00. The molecule has 0 atom stereocenters. The van der Waals surface area contributed by atoms with E-state index in [1.54, 1.807) is 30.3 Å². The predicted octanol–water partition coefficient (Wildman–Crippen LogP) is 4.62. The number of carbonyl (C=O) groups excluding carboxylic acids is 2. The highest BCUT2D eigenvalue weighted by atomic mass is 79.9. The number of ether oxygens (including phenoxy) is 2. The van der Waals surface area contributed by atoms with Crippen LogP contribution in [0.15, 0.2) is 77.3 Å². The van der Waals surface area contributed by atoms with Crippen LogP contribution < -0.4 is 25.6 Å². The van der Waals surface area contributed by atoms with E-state index in [9.17, 15) is 9.59 Å². The zero-order valence-electron chi connectivity index (χ0n) is 18.6. The maximum absolute atomic E-state index is 12.6. The minimum atomic E-state index is -0.474. The Labute approximate surface area is 211 Å². The lowest BCUT2D eigenvalue weighted by molar-refractivity contribution is -0.123. The van der Waals surface area contributed by atoms with Crippen molar-refractivity contribution in [2.45, 2.75) is 20.0 Å². The summed E-state index contributed by atoms with van der Waals surface area (Å²) in [5.74, 6) is 0.0424. The van der Waals surface area contributed by atoms with E-state index in [4.69, 9.17) is 21.7 Å². The minimum absolute atomic E-state index is 0.0685. The Balaban J connectivity index is 1.46. The molecule has 0 bridgehead atoms. The van der Waals surface area contributed by atoms with E-state index < -0.39 is 11.8 Å². The normalized spacial score (nSPS) is 10.4. The van der Waals surface area contributed by atoms with Gasteiger partial charge in [-0.1, -0.05) is 58.4 Å². The first-order chi connectivity index (χ1) is 16.3. The van der Waals surface area contributed by atoms with Crippen molar-refractivity contribution < 1.29 is 19.1 Å². The zero-order valence-corrected chi connectivity index (χ0v) is 21.0. The van der Waals surface area contributed by atoms with Gasteiger partial charge in [0.2, 0.25) is 0 Å². The Bertz CT molecular complexity index is 1150. The summed E-state index contributed by atoms with van der Waals surface area (Å²) in [4.78, 5) is 24.7. The quantitative estimate of drug-likeness (QED) is 0.299. The van der Waals surface area contributed by atoms with Crippen molar-refractivity contribution in [3.05, 3.63) is 82.8 Å². The van der Waals surface area contributed by atoms with Crippen LogP contribution in [0.4, 0.5) is 0 Å². The van der Waals surface area contributed by atoms with Gasteiger partial charge in [-0.2, -0.15) is 0 Å². The first-order valence-electron chi connectivity index (χ1n) is 10.5. The van der Waals surface area contributed by atoms with Crippen LogP contribution in [0.1, 0.15) is 24.2 Å². The van der Waals surface area contributed by atoms with Gasteiger partial charge in [0, 0.05) is 4.47 Å². The van der Waals surface area contributed by atoms with Gasteiger partial charge in [-0.3, -0.25) is 25.8 Å². The summed E-state index contributed by atoms with van der Waals surface area (Å²) in [6.45, 7) is 3.50. The molecule has 9 heteroatoms. The Morgan fingerprint density at radius 3 is 2.29 bits per heavy atom. The second-order valence-electron chi connectivity index (χ2n) is 7.44. The molecule has 3 rings (SSSR count). The third-order valence-corrected chi connectivity index (χ3v) is 5.12. The van der Waals surface area contributed by atoms with Crippen molar-refractivity contribution in [1.29, 1.82) is 0 Å². The molecule has 0 unspecified atom stereocenters. The molecule has 7 nitrogen and oxygen atoms in total. The fourth-order valence-corrected chi connectivity index (χ4v) is 3.43. The van der Waals surface area contributed by atoms with Gasteiger partial charge in [0.15, 0.2) is 11.7 Å². The maximum atomic E-state index is 12.6. The lowest BCUT2D eigenvalue weighted by Gasteiger charge is -2.15. The average Bonchev–Trinajstić information content (AvgIpc) is 2.83. The number of hydrazine groups is 1. The molecule has 34 heavy (non-hydrogen) atoms. The summed E-state index contributed by atoms with van der Waals surface area (Å²) in [6, 6.07) is 22.5. The molecular weight excluding hydrogens is 518 g/mol. The maximum Gasteiger partial charge on any atom is 0.276 e. The average molecular weight is 542 g/mol. The molecule has 2 amide bonds. The highest BCUT2D eigenvalue weighted by molar-refractivity contribution is 9.10. The number of carbonyl (C=O) groups is 2. The molecule has 0 fully saturated rings. The highest BCUT2D eigenvalue weighted by Crippen LogP contribution is 2.24. The van der Waals surface area contributed by atoms with Crippen molar-refractivity contribution >= 4 is 45.1 Å². The highest BCUT2D eigenvalue weighted by Gasteiger charge is 2.16. The predicted molar refractivity (Wildman–Crippen MR) is 139 cm³/mol. The van der Waals surface area contributed by atoms with Crippen LogP contribution in [0.3, 0.4) is 0 Å². The second-order valence-corrected chi connectivity index (χ2v) is 8.77. The fourth-order valence-electron chi connectivity index (χ4n) is 2.92. The fraction of sp³-hybridized carbons (Fsp3) is 0.160. The van der Waals surface area contributed by atoms with Crippen LogP contribution >= 0.6 is 28.1 Å². The minimum Gasteiger partial charge on any atom is -0.490 e. The number of hydrogen-bond acceptors (Lipinski definition) is 5. The van der Waals surface area contributed by atoms with Gasteiger partial charge < -0.3 is 9.47 Å². The molecule has 3 aromatic carbocycles. The van der Waals surface area contributed by atoms with Gasteiger partial charge in [-0.25, -0.2) is 0 Å². The molecule has 0 saturated heterocycles.